The van der Waals surface area contributed by atoms with Crippen LogP contribution in [0.1, 0.15) is 0 Å². The fraction of sp³-hybridized carbons (Fsp3) is 0. The van der Waals surface area contributed by atoms with E-state index in [1.54, 1.807) is 29.5 Å². The quantitative estimate of drug-likeness (QED) is 0.311. The van der Waals surface area contributed by atoms with Crippen LogP contribution in [0.3, 0.4) is 0 Å². The maximum absolute atomic E-state index is 9.24. The molecule has 6 aromatic rings. The van der Waals surface area contributed by atoms with Crippen molar-refractivity contribution >= 4 is 78.6 Å². The molecule has 32 heavy (non-hydrogen) atoms. The first-order chi connectivity index (χ1) is 15.5. The maximum atomic E-state index is 9.24. The summed E-state index contributed by atoms with van der Waals surface area (Å²) >= 11 is 1.72. The highest BCUT2D eigenvalue weighted by Gasteiger charge is 2.18. The third kappa shape index (κ3) is 3.68. The summed E-state index contributed by atoms with van der Waals surface area (Å²) in [6.45, 7) is 0. The van der Waals surface area contributed by atoms with Crippen molar-refractivity contribution in [1.29, 1.82) is 0 Å². The molecule has 0 saturated heterocycles. The van der Waals surface area contributed by atoms with Crippen molar-refractivity contribution in [2.24, 2.45) is 0 Å². The summed E-state index contributed by atoms with van der Waals surface area (Å²) in [6.07, 6.45) is 0. The van der Waals surface area contributed by atoms with Gasteiger partial charge in [-0.2, -0.15) is 0 Å². The van der Waals surface area contributed by atoms with Gasteiger partial charge in [0.15, 0.2) is 0 Å². The Morgan fingerprint density at radius 1 is 0.594 bits per heavy atom. The molecule has 0 aliphatic heterocycles. The van der Waals surface area contributed by atoms with Crippen LogP contribution in [0.5, 0.6) is 0 Å². The second kappa shape index (κ2) is 8.43. The summed E-state index contributed by atoms with van der Waals surface area (Å²) in [6, 6.07) is 26.7. The van der Waals surface area contributed by atoms with E-state index in [4.69, 9.17) is 14.5 Å². The van der Waals surface area contributed by atoms with Crippen LogP contribution < -0.4 is 10.9 Å². The number of thiophene rings is 1. The van der Waals surface area contributed by atoms with Crippen molar-refractivity contribution in [3.63, 3.8) is 0 Å². The van der Waals surface area contributed by atoms with E-state index in [0.717, 1.165) is 21.7 Å². The number of fused-ring (bicyclic) bond motifs is 6. The van der Waals surface area contributed by atoms with E-state index in [2.05, 4.69) is 12.1 Å². The molecular formula is C24H18B2O5S. The molecule has 0 aliphatic rings. The first-order valence-electron chi connectivity index (χ1n) is 10.1. The molecule has 6 rings (SSSR count). The van der Waals surface area contributed by atoms with E-state index in [1.165, 1.54) is 14.8 Å². The second-order valence-electron chi connectivity index (χ2n) is 7.42. The summed E-state index contributed by atoms with van der Waals surface area (Å²) in [5.41, 5.74) is 2.23. The van der Waals surface area contributed by atoms with Crippen LogP contribution in [0.4, 0.5) is 0 Å². The van der Waals surface area contributed by atoms with Crippen LogP contribution in [0.2, 0.25) is 0 Å². The average molecular weight is 440 g/mol. The number of benzene rings is 4. The van der Waals surface area contributed by atoms with Gasteiger partial charge in [0, 0.05) is 31.0 Å². The molecule has 4 N–H and O–H groups in total. The third-order valence-electron chi connectivity index (χ3n) is 5.41. The van der Waals surface area contributed by atoms with E-state index in [1.807, 2.05) is 54.6 Å². The van der Waals surface area contributed by atoms with Gasteiger partial charge in [0.05, 0.1) is 0 Å². The molecule has 0 unspecified atom stereocenters. The van der Waals surface area contributed by atoms with Gasteiger partial charge in [-0.1, -0.05) is 66.7 Å². The number of furan rings is 1. The molecule has 2 heterocycles. The minimum absolute atomic E-state index is 0.397. The molecule has 0 saturated carbocycles. The predicted octanol–water partition coefficient (Wildman–Crippen LogP) is 3.00. The Balaban J connectivity index is 0.000000135. The Bertz CT molecular complexity index is 1540. The Morgan fingerprint density at radius 2 is 1.28 bits per heavy atom. The molecule has 4 aromatic carbocycles. The fourth-order valence-electron chi connectivity index (χ4n) is 3.88. The standard InChI is InChI=1S/C12H9BO3.C12H9BO2S/c14-13(15)10-6-3-5-9-8-4-1-2-7-11(8)16-12(9)10;14-13(15)8-5-6-12-10(7-8)9-3-1-2-4-11(9)16-12/h2*1-7,14-15H. The number of rotatable bonds is 2. The smallest absolute Gasteiger partial charge is 0.456 e. The van der Waals surface area contributed by atoms with E-state index in [-0.39, 0.29) is 0 Å². The summed E-state index contributed by atoms with van der Waals surface area (Å²) in [5, 5.41) is 40.9. The first-order valence-corrected chi connectivity index (χ1v) is 10.9. The molecule has 0 aliphatic carbocycles. The fourth-order valence-corrected chi connectivity index (χ4v) is 4.96. The monoisotopic (exact) mass is 440 g/mol. The highest BCUT2D eigenvalue weighted by molar-refractivity contribution is 7.25. The van der Waals surface area contributed by atoms with Crippen LogP contribution >= 0.6 is 11.3 Å². The van der Waals surface area contributed by atoms with Crippen LogP contribution in [-0.4, -0.2) is 34.3 Å². The molecule has 2 aromatic heterocycles. The van der Waals surface area contributed by atoms with Gasteiger partial charge in [-0.15, -0.1) is 11.3 Å². The van der Waals surface area contributed by atoms with E-state index in [0.29, 0.717) is 16.5 Å². The Morgan fingerprint density at radius 3 is 2.06 bits per heavy atom. The Kier molecular flexibility index (Phi) is 5.46. The lowest BCUT2D eigenvalue weighted by Crippen LogP contribution is -2.29. The van der Waals surface area contributed by atoms with Crippen molar-refractivity contribution in [3.05, 3.63) is 84.9 Å². The highest BCUT2D eigenvalue weighted by atomic mass is 32.1. The van der Waals surface area contributed by atoms with Gasteiger partial charge >= 0.3 is 14.2 Å². The van der Waals surface area contributed by atoms with Gasteiger partial charge in [-0.3, -0.25) is 0 Å². The van der Waals surface area contributed by atoms with Crippen molar-refractivity contribution < 1.29 is 24.5 Å². The molecule has 0 atom stereocenters. The summed E-state index contributed by atoms with van der Waals surface area (Å²) in [5.74, 6) is 0. The Hall–Kier alpha value is -3.13. The molecule has 0 bridgehead atoms. The van der Waals surface area contributed by atoms with Crippen molar-refractivity contribution in [2.45, 2.75) is 0 Å². The number of para-hydroxylation sites is 2. The normalized spacial score (nSPS) is 11.1. The lowest BCUT2D eigenvalue weighted by atomic mass is 9.79. The molecule has 0 amide bonds. The average Bonchev–Trinajstić information content (AvgIpc) is 3.37. The SMILES string of the molecule is OB(O)c1ccc2sc3ccccc3c2c1.OB(O)c1cccc2c1oc1ccccc12. The topological polar surface area (TPSA) is 94.1 Å². The van der Waals surface area contributed by atoms with Crippen molar-refractivity contribution in [3.8, 4) is 0 Å². The highest BCUT2D eigenvalue weighted by Crippen LogP contribution is 2.32. The number of hydrogen-bond donors (Lipinski definition) is 4. The van der Waals surface area contributed by atoms with Gasteiger partial charge in [0.2, 0.25) is 0 Å². The van der Waals surface area contributed by atoms with E-state index in [9.17, 15) is 10.0 Å². The molecule has 0 fully saturated rings. The van der Waals surface area contributed by atoms with Crippen LogP contribution in [0.25, 0.3) is 42.1 Å². The van der Waals surface area contributed by atoms with Crippen molar-refractivity contribution in [2.75, 3.05) is 0 Å². The molecule has 156 valence electrons. The van der Waals surface area contributed by atoms with Crippen molar-refractivity contribution in [1.82, 2.24) is 0 Å². The molecule has 0 spiro atoms. The molecule has 8 heteroatoms. The predicted molar refractivity (Wildman–Crippen MR) is 133 cm³/mol. The number of hydrogen-bond acceptors (Lipinski definition) is 6. The van der Waals surface area contributed by atoms with Gasteiger partial charge in [0.1, 0.15) is 11.2 Å². The molecule has 0 radical (unpaired) electrons. The van der Waals surface area contributed by atoms with Crippen LogP contribution in [-0.2, 0) is 0 Å². The van der Waals surface area contributed by atoms with Gasteiger partial charge < -0.3 is 24.5 Å². The zero-order chi connectivity index (χ0) is 22.2. The zero-order valence-corrected chi connectivity index (χ0v) is 17.7. The zero-order valence-electron chi connectivity index (χ0n) is 16.8. The van der Waals surface area contributed by atoms with Crippen LogP contribution in [0, 0.1) is 0 Å². The molecule has 5 nitrogen and oxygen atoms in total. The van der Waals surface area contributed by atoms with E-state index >= 15 is 0 Å². The summed E-state index contributed by atoms with van der Waals surface area (Å²) < 4.78 is 8.02. The summed E-state index contributed by atoms with van der Waals surface area (Å²) in [4.78, 5) is 0. The van der Waals surface area contributed by atoms with Gasteiger partial charge in [0.25, 0.3) is 0 Å². The summed E-state index contributed by atoms with van der Waals surface area (Å²) in [7, 11) is -2.91. The molecular weight excluding hydrogens is 422 g/mol. The van der Waals surface area contributed by atoms with Gasteiger partial charge in [-0.05, 0) is 29.0 Å². The Labute approximate surface area is 188 Å². The van der Waals surface area contributed by atoms with E-state index < -0.39 is 14.2 Å². The maximum Gasteiger partial charge on any atom is 0.492 e. The lowest BCUT2D eigenvalue weighted by Gasteiger charge is -1.98. The third-order valence-corrected chi connectivity index (χ3v) is 6.56. The van der Waals surface area contributed by atoms with Crippen LogP contribution in [0.15, 0.2) is 89.3 Å². The lowest BCUT2D eigenvalue weighted by molar-refractivity contribution is 0.424. The largest absolute Gasteiger partial charge is 0.492 e. The van der Waals surface area contributed by atoms with Gasteiger partial charge in [-0.25, -0.2) is 0 Å². The second-order valence-corrected chi connectivity index (χ2v) is 8.51. The first kappa shape index (κ1) is 20.8. The minimum atomic E-state index is -1.51. The minimum Gasteiger partial charge on any atom is -0.456 e.